The summed E-state index contributed by atoms with van der Waals surface area (Å²) in [5.41, 5.74) is 2.17. The van der Waals surface area contributed by atoms with Crippen molar-refractivity contribution in [2.24, 2.45) is 4.99 Å². The lowest BCUT2D eigenvalue weighted by Gasteiger charge is -2.36. The lowest BCUT2D eigenvalue weighted by Crippen LogP contribution is -2.52. The zero-order valence-electron chi connectivity index (χ0n) is 15.5. The van der Waals surface area contributed by atoms with Crippen LogP contribution in [0.2, 0.25) is 0 Å². The minimum absolute atomic E-state index is 0. The van der Waals surface area contributed by atoms with Crippen molar-refractivity contribution in [1.29, 1.82) is 0 Å². The number of guanidine groups is 1. The van der Waals surface area contributed by atoms with E-state index in [2.05, 4.69) is 39.2 Å². The number of nitrogens with one attached hydrogen (secondary N) is 1. The Hall–Kier alpha value is -1.62. The van der Waals surface area contributed by atoms with E-state index in [1.807, 2.05) is 23.1 Å². The Kier molecular flexibility index (Phi) is 8.36. The van der Waals surface area contributed by atoms with Gasteiger partial charge in [-0.3, -0.25) is 14.6 Å². The molecular formula is C17H28IN7O. The van der Waals surface area contributed by atoms with Crippen LogP contribution in [0, 0.1) is 6.92 Å². The third-order valence-corrected chi connectivity index (χ3v) is 4.24. The monoisotopic (exact) mass is 473 g/mol. The van der Waals surface area contributed by atoms with Crippen LogP contribution < -0.4 is 5.32 Å². The molecular weight excluding hydrogens is 445 g/mol. The second-order valence-corrected chi connectivity index (χ2v) is 6.27. The number of rotatable bonds is 6. The third kappa shape index (κ3) is 5.97. The van der Waals surface area contributed by atoms with Crippen molar-refractivity contribution < 1.29 is 4.52 Å². The highest BCUT2D eigenvalue weighted by molar-refractivity contribution is 14.0. The van der Waals surface area contributed by atoms with Crippen LogP contribution in [0.15, 0.2) is 34.2 Å². The van der Waals surface area contributed by atoms with Crippen molar-refractivity contribution in [3.63, 3.8) is 0 Å². The second kappa shape index (κ2) is 10.5. The summed E-state index contributed by atoms with van der Waals surface area (Å²) < 4.78 is 6.85. The number of aromatic nitrogens is 3. The van der Waals surface area contributed by atoms with E-state index < -0.39 is 0 Å². The predicted octanol–water partition coefficient (Wildman–Crippen LogP) is 1.58. The van der Waals surface area contributed by atoms with E-state index in [-0.39, 0.29) is 24.0 Å². The Morgan fingerprint density at radius 3 is 2.73 bits per heavy atom. The number of hydrogen-bond donors (Lipinski definition) is 1. The van der Waals surface area contributed by atoms with Gasteiger partial charge in [-0.2, -0.15) is 5.10 Å². The summed E-state index contributed by atoms with van der Waals surface area (Å²) in [6, 6.07) is 1.93. The van der Waals surface area contributed by atoms with Crippen molar-refractivity contribution in [3.05, 3.63) is 36.0 Å². The number of aryl methyl sites for hydroxylation is 1. The minimum atomic E-state index is 0. The molecule has 0 bridgehead atoms. The second-order valence-electron chi connectivity index (χ2n) is 6.27. The van der Waals surface area contributed by atoms with Crippen LogP contribution in [-0.4, -0.2) is 70.0 Å². The molecule has 0 unspecified atom stereocenters. The molecule has 26 heavy (non-hydrogen) atoms. The standard InChI is InChI=1S/C17H27N7O.HI/c1-3-18-17(19-5-6-24-13-15(2)12-20-24)23-9-7-22(8-10-23)14-16-4-11-25-21-16;/h4,11-13H,3,5-10,14H2,1-2H3,(H,18,19);1H. The zero-order chi connectivity index (χ0) is 17.5. The van der Waals surface area contributed by atoms with Crippen molar-refractivity contribution in [3.8, 4) is 0 Å². The summed E-state index contributed by atoms with van der Waals surface area (Å²) in [4.78, 5) is 9.49. The average Bonchev–Trinajstić information content (AvgIpc) is 3.27. The van der Waals surface area contributed by atoms with Crippen LogP contribution in [0.4, 0.5) is 0 Å². The van der Waals surface area contributed by atoms with E-state index in [0.717, 1.165) is 64.0 Å². The van der Waals surface area contributed by atoms with Gasteiger partial charge in [-0.05, 0) is 19.4 Å². The SMILES string of the molecule is CCNC(=NCCn1cc(C)cn1)N1CCN(Cc2ccon2)CC1.I. The van der Waals surface area contributed by atoms with Gasteiger partial charge in [-0.1, -0.05) is 5.16 Å². The molecule has 9 heteroatoms. The smallest absolute Gasteiger partial charge is 0.194 e. The lowest BCUT2D eigenvalue weighted by atomic mass is 10.3. The van der Waals surface area contributed by atoms with Crippen molar-refractivity contribution in [1.82, 2.24) is 30.1 Å². The summed E-state index contributed by atoms with van der Waals surface area (Å²) in [5, 5.41) is 11.7. The van der Waals surface area contributed by atoms with Gasteiger partial charge in [0, 0.05) is 51.5 Å². The van der Waals surface area contributed by atoms with E-state index in [0.29, 0.717) is 0 Å². The van der Waals surface area contributed by atoms with Gasteiger partial charge in [0.25, 0.3) is 0 Å². The molecule has 3 heterocycles. The molecule has 0 atom stereocenters. The molecule has 1 aliphatic heterocycles. The maximum Gasteiger partial charge on any atom is 0.194 e. The summed E-state index contributed by atoms with van der Waals surface area (Å²) in [5.74, 6) is 0.993. The molecule has 0 amide bonds. The van der Waals surface area contributed by atoms with Gasteiger partial charge in [0.2, 0.25) is 0 Å². The molecule has 1 N–H and O–H groups in total. The third-order valence-electron chi connectivity index (χ3n) is 4.24. The normalized spacial score (nSPS) is 15.8. The number of halogens is 1. The van der Waals surface area contributed by atoms with E-state index in [9.17, 15) is 0 Å². The first-order valence-corrected chi connectivity index (χ1v) is 8.88. The van der Waals surface area contributed by atoms with Crippen molar-refractivity contribution >= 4 is 29.9 Å². The topological polar surface area (TPSA) is 74.7 Å². The summed E-state index contributed by atoms with van der Waals surface area (Å²) in [7, 11) is 0. The lowest BCUT2D eigenvalue weighted by molar-refractivity contribution is 0.169. The Morgan fingerprint density at radius 2 is 2.12 bits per heavy atom. The van der Waals surface area contributed by atoms with E-state index in [1.54, 1.807) is 6.26 Å². The van der Waals surface area contributed by atoms with Crippen LogP contribution in [0.3, 0.4) is 0 Å². The number of nitrogens with zero attached hydrogens (tertiary/aromatic N) is 6. The minimum Gasteiger partial charge on any atom is -0.364 e. The molecule has 3 rings (SSSR count). The van der Waals surface area contributed by atoms with Crippen LogP contribution in [0.1, 0.15) is 18.2 Å². The highest BCUT2D eigenvalue weighted by Gasteiger charge is 2.20. The summed E-state index contributed by atoms with van der Waals surface area (Å²) in [6.07, 6.45) is 5.55. The Morgan fingerprint density at radius 1 is 1.31 bits per heavy atom. The Bertz CT molecular complexity index is 662. The number of hydrogen-bond acceptors (Lipinski definition) is 5. The summed E-state index contributed by atoms with van der Waals surface area (Å²) in [6.45, 7) is 11.3. The molecule has 0 aliphatic carbocycles. The van der Waals surface area contributed by atoms with Gasteiger partial charge in [0.1, 0.15) is 6.26 Å². The molecule has 2 aromatic heterocycles. The van der Waals surface area contributed by atoms with Crippen LogP contribution in [-0.2, 0) is 13.1 Å². The summed E-state index contributed by atoms with van der Waals surface area (Å²) >= 11 is 0. The fourth-order valence-corrected chi connectivity index (χ4v) is 2.94. The molecule has 0 aromatic carbocycles. The van der Waals surface area contributed by atoms with Gasteiger partial charge in [0.05, 0.1) is 25.0 Å². The van der Waals surface area contributed by atoms with Gasteiger partial charge in [0.15, 0.2) is 5.96 Å². The molecule has 1 fully saturated rings. The zero-order valence-corrected chi connectivity index (χ0v) is 17.8. The van der Waals surface area contributed by atoms with Gasteiger partial charge in [-0.25, -0.2) is 0 Å². The highest BCUT2D eigenvalue weighted by atomic mass is 127. The fraction of sp³-hybridized carbons (Fsp3) is 0.588. The van der Waals surface area contributed by atoms with Crippen LogP contribution in [0.5, 0.6) is 0 Å². The maximum atomic E-state index is 4.91. The van der Waals surface area contributed by atoms with E-state index in [4.69, 9.17) is 9.52 Å². The first-order valence-electron chi connectivity index (χ1n) is 8.88. The molecule has 8 nitrogen and oxygen atoms in total. The molecule has 0 spiro atoms. The highest BCUT2D eigenvalue weighted by Crippen LogP contribution is 2.07. The van der Waals surface area contributed by atoms with Gasteiger partial charge < -0.3 is 14.7 Å². The van der Waals surface area contributed by atoms with Gasteiger partial charge >= 0.3 is 0 Å². The number of piperazine rings is 1. The molecule has 1 aliphatic rings. The Labute approximate surface area is 171 Å². The maximum absolute atomic E-state index is 4.91. The van der Waals surface area contributed by atoms with E-state index in [1.165, 1.54) is 5.56 Å². The van der Waals surface area contributed by atoms with E-state index >= 15 is 0 Å². The Balaban J connectivity index is 0.00000243. The first kappa shape index (κ1) is 20.7. The fourth-order valence-electron chi connectivity index (χ4n) is 2.94. The molecule has 1 saturated heterocycles. The molecule has 2 aromatic rings. The first-order chi connectivity index (χ1) is 12.2. The molecule has 144 valence electrons. The van der Waals surface area contributed by atoms with Crippen molar-refractivity contribution in [2.45, 2.75) is 26.9 Å². The quantitative estimate of drug-likeness (QED) is 0.390. The molecule has 0 radical (unpaired) electrons. The predicted molar refractivity (Wildman–Crippen MR) is 112 cm³/mol. The van der Waals surface area contributed by atoms with Gasteiger partial charge in [-0.15, -0.1) is 24.0 Å². The van der Waals surface area contributed by atoms with Crippen molar-refractivity contribution in [2.75, 3.05) is 39.3 Å². The van der Waals surface area contributed by atoms with Crippen LogP contribution >= 0.6 is 24.0 Å². The largest absolute Gasteiger partial charge is 0.364 e. The average molecular weight is 473 g/mol. The number of aliphatic imine (C=N–C) groups is 1. The van der Waals surface area contributed by atoms with Crippen LogP contribution in [0.25, 0.3) is 0 Å². The molecule has 0 saturated carbocycles.